The van der Waals surface area contributed by atoms with E-state index in [4.69, 9.17) is 9.47 Å². The molecule has 3 aromatic rings. The molecule has 0 fully saturated rings. The molecule has 3 rings (SSSR count). The number of nitrogens with one attached hydrogen (secondary N) is 1. The molecule has 0 aliphatic carbocycles. The minimum absolute atomic E-state index is 0.000191. The molecule has 0 aliphatic heterocycles. The van der Waals surface area contributed by atoms with Crippen LogP contribution in [0.25, 0.3) is 0 Å². The summed E-state index contributed by atoms with van der Waals surface area (Å²) >= 11 is 0. The highest BCUT2D eigenvalue weighted by Gasteiger charge is 2.25. The highest BCUT2D eigenvalue weighted by molar-refractivity contribution is 7.92. The third-order valence-electron chi connectivity index (χ3n) is 4.79. The molecule has 0 saturated heterocycles. The molecule has 1 amide bonds. The molecule has 3 aromatic carbocycles. The van der Waals surface area contributed by atoms with E-state index in [9.17, 15) is 18.0 Å². The summed E-state index contributed by atoms with van der Waals surface area (Å²) in [5, 5.41) is 2.63. The van der Waals surface area contributed by atoms with Gasteiger partial charge in [-0.05, 0) is 49.4 Å². The van der Waals surface area contributed by atoms with Crippen LogP contribution in [-0.2, 0) is 19.6 Å². The fourth-order valence-corrected chi connectivity index (χ4v) is 4.70. The van der Waals surface area contributed by atoms with Gasteiger partial charge in [-0.15, -0.1) is 6.58 Å². The van der Waals surface area contributed by atoms with Gasteiger partial charge in [0.1, 0.15) is 5.75 Å². The summed E-state index contributed by atoms with van der Waals surface area (Å²) in [4.78, 5) is 24.8. The molecule has 0 spiro atoms. The van der Waals surface area contributed by atoms with Crippen LogP contribution in [0.4, 0.5) is 11.4 Å². The van der Waals surface area contributed by atoms with Crippen LogP contribution in [-0.4, -0.2) is 40.1 Å². The van der Waals surface area contributed by atoms with E-state index in [2.05, 4.69) is 11.9 Å². The molecule has 0 saturated carbocycles. The van der Waals surface area contributed by atoms with Crippen molar-refractivity contribution in [3.63, 3.8) is 0 Å². The number of hydrogen-bond donors (Lipinski definition) is 1. The number of carbonyl (C=O) groups excluding carboxylic acids is 2. The lowest BCUT2D eigenvalue weighted by Gasteiger charge is -2.23. The van der Waals surface area contributed by atoms with Crippen molar-refractivity contribution < 1.29 is 27.5 Å². The lowest BCUT2D eigenvalue weighted by molar-refractivity contribution is -0.119. The Morgan fingerprint density at radius 1 is 1.00 bits per heavy atom. The second-order valence-corrected chi connectivity index (χ2v) is 9.10. The molecule has 0 aliphatic rings. The molecule has 182 valence electrons. The molecule has 0 radical (unpaired) electrons. The van der Waals surface area contributed by atoms with E-state index in [0.717, 1.165) is 0 Å². The van der Waals surface area contributed by atoms with E-state index >= 15 is 0 Å². The topological polar surface area (TPSA) is 102 Å². The summed E-state index contributed by atoms with van der Waals surface area (Å²) in [5.74, 6) is -0.893. The third-order valence-corrected chi connectivity index (χ3v) is 6.58. The highest BCUT2D eigenvalue weighted by Crippen LogP contribution is 2.25. The largest absolute Gasteiger partial charge is 0.492 e. The van der Waals surface area contributed by atoms with Gasteiger partial charge in [-0.2, -0.15) is 0 Å². The van der Waals surface area contributed by atoms with Crippen molar-refractivity contribution in [3.05, 3.63) is 97.1 Å². The van der Waals surface area contributed by atoms with Gasteiger partial charge in [0, 0.05) is 0 Å². The van der Waals surface area contributed by atoms with Gasteiger partial charge in [-0.3, -0.25) is 9.10 Å². The zero-order valence-corrected chi connectivity index (χ0v) is 20.0. The molecule has 35 heavy (non-hydrogen) atoms. The first-order chi connectivity index (χ1) is 16.9. The smallest absolute Gasteiger partial charge is 0.338 e. The van der Waals surface area contributed by atoms with E-state index in [1.807, 2.05) is 6.92 Å². The first kappa shape index (κ1) is 25.5. The molecule has 9 heteroatoms. The standard InChI is InChI=1S/C26H26N2O6S/c1-3-17-28(21-12-6-5-7-13-21)35(31,32)22-14-10-11-20(18-22)26(30)34-19-25(29)27-23-15-8-9-16-24(23)33-4-2/h3,5-16,18H,1,4,17,19H2,2H3,(H,27,29). The summed E-state index contributed by atoms with van der Waals surface area (Å²) in [6, 6.07) is 20.9. The quantitative estimate of drug-likeness (QED) is 0.316. The average Bonchev–Trinajstić information content (AvgIpc) is 2.87. The predicted octanol–water partition coefficient (Wildman–Crippen LogP) is 4.26. The summed E-state index contributed by atoms with van der Waals surface area (Å²) in [6.07, 6.45) is 1.48. The number of anilines is 2. The predicted molar refractivity (Wildman–Crippen MR) is 134 cm³/mol. The van der Waals surface area contributed by atoms with Crippen LogP contribution < -0.4 is 14.4 Å². The number of amides is 1. The van der Waals surface area contributed by atoms with Gasteiger partial charge in [-0.1, -0.05) is 42.5 Å². The number of nitrogens with zero attached hydrogens (tertiary/aromatic N) is 1. The highest BCUT2D eigenvalue weighted by atomic mass is 32.2. The minimum atomic E-state index is -3.99. The Morgan fingerprint density at radius 2 is 1.71 bits per heavy atom. The number of sulfonamides is 1. The Kier molecular flexibility index (Phi) is 8.63. The van der Waals surface area contributed by atoms with Crippen LogP contribution >= 0.6 is 0 Å². The summed E-state index contributed by atoms with van der Waals surface area (Å²) in [5.41, 5.74) is 0.913. The third kappa shape index (κ3) is 6.48. The maximum atomic E-state index is 13.3. The van der Waals surface area contributed by atoms with Crippen LogP contribution in [0.3, 0.4) is 0 Å². The number of ether oxygens (including phenoxy) is 2. The van der Waals surface area contributed by atoms with Crippen molar-refractivity contribution in [3.8, 4) is 5.75 Å². The van der Waals surface area contributed by atoms with Crippen molar-refractivity contribution in [2.45, 2.75) is 11.8 Å². The van der Waals surface area contributed by atoms with Gasteiger partial charge in [-0.25, -0.2) is 13.2 Å². The van der Waals surface area contributed by atoms with Crippen LogP contribution in [0, 0.1) is 0 Å². The van der Waals surface area contributed by atoms with Crippen molar-refractivity contribution in [2.75, 3.05) is 29.4 Å². The lowest BCUT2D eigenvalue weighted by Crippen LogP contribution is -2.31. The van der Waals surface area contributed by atoms with Crippen LogP contribution in [0.15, 0.2) is 96.4 Å². The van der Waals surface area contributed by atoms with Gasteiger partial charge in [0.15, 0.2) is 6.61 Å². The second-order valence-electron chi connectivity index (χ2n) is 7.24. The van der Waals surface area contributed by atoms with Gasteiger partial charge in [0.25, 0.3) is 15.9 Å². The van der Waals surface area contributed by atoms with Crippen molar-refractivity contribution in [1.29, 1.82) is 0 Å². The van der Waals surface area contributed by atoms with Gasteiger partial charge in [0.05, 0.1) is 35.0 Å². The molecular weight excluding hydrogens is 468 g/mol. The molecular formula is C26H26N2O6S. The number of benzene rings is 3. The zero-order chi connectivity index (χ0) is 25.3. The molecule has 0 atom stereocenters. The van der Waals surface area contributed by atoms with Crippen LogP contribution in [0.2, 0.25) is 0 Å². The van der Waals surface area contributed by atoms with E-state index in [1.165, 1.54) is 34.6 Å². The number of esters is 1. The van der Waals surface area contributed by atoms with Crippen molar-refractivity contribution in [1.82, 2.24) is 0 Å². The van der Waals surface area contributed by atoms with E-state index in [1.54, 1.807) is 54.6 Å². The fraction of sp³-hybridized carbons (Fsp3) is 0.154. The Bertz CT molecular complexity index is 1290. The van der Waals surface area contributed by atoms with E-state index in [0.29, 0.717) is 23.7 Å². The Morgan fingerprint density at radius 3 is 2.43 bits per heavy atom. The zero-order valence-electron chi connectivity index (χ0n) is 19.2. The lowest BCUT2D eigenvalue weighted by atomic mass is 10.2. The summed E-state index contributed by atoms with van der Waals surface area (Å²) in [6.45, 7) is 5.38. The molecule has 0 bridgehead atoms. The molecule has 1 N–H and O–H groups in total. The minimum Gasteiger partial charge on any atom is -0.492 e. The SMILES string of the molecule is C=CCN(c1ccccc1)S(=O)(=O)c1cccc(C(=O)OCC(=O)Nc2ccccc2OCC)c1. The number of rotatable bonds is 11. The molecule has 0 aromatic heterocycles. The summed E-state index contributed by atoms with van der Waals surface area (Å²) in [7, 11) is -3.99. The molecule has 8 nitrogen and oxygen atoms in total. The molecule has 0 heterocycles. The van der Waals surface area contributed by atoms with Crippen molar-refractivity contribution >= 4 is 33.3 Å². The Labute approximate surface area is 204 Å². The monoisotopic (exact) mass is 494 g/mol. The molecule has 0 unspecified atom stereocenters. The van der Waals surface area contributed by atoms with Crippen LogP contribution in [0.1, 0.15) is 17.3 Å². The first-order valence-electron chi connectivity index (χ1n) is 10.8. The van der Waals surface area contributed by atoms with Crippen LogP contribution in [0.5, 0.6) is 5.75 Å². The van der Waals surface area contributed by atoms with E-state index < -0.39 is 28.5 Å². The van der Waals surface area contributed by atoms with Gasteiger partial charge >= 0.3 is 5.97 Å². The number of para-hydroxylation sites is 3. The fourth-order valence-electron chi connectivity index (χ4n) is 3.22. The Hall–Kier alpha value is -4.11. The Balaban J connectivity index is 1.72. The number of carbonyl (C=O) groups is 2. The average molecular weight is 495 g/mol. The van der Waals surface area contributed by atoms with Gasteiger partial charge < -0.3 is 14.8 Å². The summed E-state index contributed by atoms with van der Waals surface area (Å²) < 4.78 is 38.4. The van der Waals surface area contributed by atoms with Crippen molar-refractivity contribution in [2.24, 2.45) is 0 Å². The van der Waals surface area contributed by atoms with Gasteiger partial charge in [0.2, 0.25) is 0 Å². The number of hydrogen-bond acceptors (Lipinski definition) is 6. The van der Waals surface area contributed by atoms with E-state index in [-0.39, 0.29) is 17.0 Å². The maximum Gasteiger partial charge on any atom is 0.338 e. The second kappa shape index (κ2) is 11.8. The normalized spacial score (nSPS) is 10.8. The first-order valence-corrected chi connectivity index (χ1v) is 12.3. The maximum absolute atomic E-state index is 13.3.